The summed E-state index contributed by atoms with van der Waals surface area (Å²) in [5, 5.41) is 11.3. The Hall–Kier alpha value is -1.15. The van der Waals surface area contributed by atoms with Gasteiger partial charge in [0.25, 0.3) is 0 Å². The molecule has 0 saturated carbocycles. The molecule has 1 aromatic heterocycles. The van der Waals surface area contributed by atoms with Crippen LogP contribution in [0.3, 0.4) is 0 Å². The van der Waals surface area contributed by atoms with Gasteiger partial charge in [0.05, 0.1) is 10.6 Å². The van der Waals surface area contributed by atoms with Gasteiger partial charge >= 0.3 is 0 Å². The van der Waals surface area contributed by atoms with Crippen LogP contribution in [0, 0.1) is 17.1 Å². The summed E-state index contributed by atoms with van der Waals surface area (Å²) in [5.41, 5.74) is 0.819. The summed E-state index contributed by atoms with van der Waals surface area (Å²) in [5.74, 6) is -0.394. The highest BCUT2D eigenvalue weighted by Gasteiger charge is 2.13. The normalized spacial score (nSPS) is 11.9. The minimum atomic E-state index is -0.394. The Bertz CT molecular complexity index is 644. The lowest BCUT2D eigenvalue weighted by atomic mass is 10.1. The number of nitriles is 1. The maximum Gasteiger partial charge on any atom is 0.123 e. The van der Waals surface area contributed by atoms with Gasteiger partial charge in [-0.3, -0.25) is 0 Å². The van der Waals surface area contributed by atoms with Crippen molar-refractivity contribution in [1.82, 2.24) is 0 Å². The number of allylic oxidation sites excluding steroid dienone is 1. The molecule has 1 heterocycles. The number of benzene rings is 1. The molecule has 0 bridgehead atoms. The van der Waals surface area contributed by atoms with Gasteiger partial charge in [-0.05, 0) is 29.6 Å². The maximum atomic E-state index is 13.2. The maximum absolute atomic E-state index is 13.2. The molecular formula is C13H6BrClFNS. The Morgan fingerprint density at radius 3 is 2.78 bits per heavy atom. The molecule has 18 heavy (non-hydrogen) atoms. The van der Waals surface area contributed by atoms with E-state index in [1.54, 1.807) is 12.1 Å². The number of thiophene rings is 1. The highest BCUT2D eigenvalue weighted by Crippen LogP contribution is 2.35. The van der Waals surface area contributed by atoms with Gasteiger partial charge < -0.3 is 0 Å². The van der Waals surface area contributed by atoms with Crippen LogP contribution in [0.1, 0.15) is 10.4 Å². The van der Waals surface area contributed by atoms with E-state index in [1.165, 1.54) is 23.5 Å². The topological polar surface area (TPSA) is 23.8 Å². The highest BCUT2D eigenvalue weighted by atomic mass is 79.9. The van der Waals surface area contributed by atoms with Crippen LogP contribution in [0.5, 0.6) is 0 Å². The fraction of sp³-hybridized carbons (Fsp3) is 0. The van der Waals surface area contributed by atoms with E-state index in [1.807, 2.05) is 11.4 Å². The van der Waals surface area contributed by atoms with Crippen LogP contribution in [0.2, 0.25) is 0 Å². The van der Waals surface area contributed by atoms with Crippen LogP contribution < -0.4 is 0 Å². The third kappa shape index (κ3) is 2.64. The van der Waals surface area contributed by atoms with E-state index >= 15 is 0 Å². The van der Waals surface area contributed by atoms with Crippen molar-refractivity contribution in [3.63, 3.8) is 0 Å². The van der Waals surface area contributed by atoms with E-state index in [0.717, 1.165) is 4.88 Å². The van der Waals surface area contributed by atoms with Gasteiger partial charge in [0, 0.05) is 14.9 Å². The van der Waals surface area contributed by atoms with Gasteiger partial charge in [-0.2, -0.15) is 5.26 Å². The first-order valence-corrected chi connectivity index (χ1v) is 6.97. The second-order valence-corrected chi connectivity index (χ2v) is 5.58. The molecule has 0 saturated heterocycles. The van der Waals surface area contributed by atoms with Crippen molar-refractivity contribution in [2.24, 2.45) is 0 Å². The van der Waals surface area contributed by atoms with Crippen molar-refractivity contribution in [2.45, 2.75) is 0 Å². The lowest BCUT2D eigenvalue weighted by Gasteiger charge is -2.05. The zero-order valence-electron chi connectivity index (χ0n) is 8.95. The Morgan fingerprint density at radius 1 is 1.39 bits per heavy atom. The van der Waals surface area contributed by atoms with E-state index < -0.39 is 5.82 Å². The Morgan fingerprint density at radius 2 is 2.17 bits per heavy atom. The lowest BCUT2D eigenvalue weighted by Crippen LogP contribution is -1.87. The quantitative estimate of drug-likeness (QED) is 0.681. The summed E-state index contributed by atoms with van der Waals surface area (Å²) in [6, 6.07) is 9.90. The number of nitrogens with zero attached hydrogens (tertiary/aromatic N) is 1. The fourth-order valence-electron chi connectivity index (χ4n) is 1.43. The first-order chi connectivity index (χ1) is 8.63. The van der Waals surface area contributed by atoms with Crippen LogP contribution >= 0.6 is 38.9 Å². The van der Waals surface area contributed by atoms with Crippen LogP contribution in [-0.4, -0.2) is 0 Å². The lowest BCUT2D eigenvalue weighted by molar-refractivity contribution is 0.627. The van der Waals surface area contributed by atoms with Gasteiger partial charge in [0.15, 0.2) is 0 Å². The zero-order chi connectivity index (χ0) is 13.1. The fourth-order valence-corrected chi connectivity index (χ4v) is 3.08. The molecule has 2 aromatic rings. The second kappa shape index (κ2) is 5.66. The summed E-state index contributed by atoms with van der Waals surface area (Å²) < 4.78 is 13.9. The molecular weight excluding hydrogens is 337 g/mol. The van der Waals surface area contributed by atoms with Crippen molar-refractivity contribution in [3.05, 3.63) is 56.4 Å². The van der Waals surface area contributed by atoms with Crippen molar-refractivity contribution in [1.29, 1.82) is 5.26 Å². The third-order valence-corrected chi connectivity index (χ3v) is 4.24. The Balaban J connectivity index is 2.62. The molecule has 1 nitrogen and oxygen atoms in total. The SMILES string of the molecule is N#CC(=C(Cl)c1cc(F)ccc1Br)c1cccs1. The van der Waals surface area contributed by atoms with Crippen LogP contribution in [-0.2, 0) is 0 Å². The number of hydrogen-bond donors (Lipinski definition) is 0. The standard InChI is InChI=1S/C13H6BrClFNS/c14-11-4-3-8(16)6-9(11)13(15)10(7-17)12-2-1-5-18-12/h1-6H. The zero-order valence-corrected chi connectivity index (χ0v) is 12.1. The van der Waals surface area contributed by atoms with E-state index in [4.69, 9.17) is 11.6 Å². The molecule has 0 atom stereocenters. The van der Waals surface area contributed by atoms with Gasteiger partial charge in [0.1, 0.15) is 11.9 Å². The minimum absolute atomic E-state index is 0.242. The molecule has 0 radical (unpaired) electrons. The van der Waals surface area contributed by atoms with Crippen molar-refractivity contribution in [2.75, 3.05) is 0 Å². The van der Waals surface area contributed by atoms with Crippen molar-refractivity contribution >= 4 is 49.5 Å². The molecule has 5 heteroatoms. The number of hydrogen-bond acceptors (Lipinski definition) is 2. The first kappa shape index (κ1) is 13.3. The van der Waals surface area contributed by atoms with Gasteiger partial charge in [-0.15, -0.1) is 11.3 Å². The summed E-state index contributed by atoms with van der Waals surface area (Å²) in [6.07, 6.45) is 0. The molecule has 0 aliphatic rings. The molecule has 2 rings (SSSR count). The van der Waals surface area contributed by atoms with Crippen molar-refractivity contribution in [3.8, 4) is 6.07 Å². The molecule has 0 amide bonds. The monoisotopic (exact) mass is 341 g/mol. The second-order valence-electron chi connectivity index (χ2n) is 3.40. The summed E-state index contributed by atoms with van der Waals surface area (Å²) >= 11 is 10.9. The third-order valence-electron chi connectivity index (χ3n) is 2.26. The molecule has 0 aliphatic carbocycles. The molecule has 90 valence electrons. The van der Waals surface area contributed by atoms with Gasteiger partial charge in [-0.1, -0.05) is 33.6 Å². The Labute approximate surface area is 121 Å². The molecule has 0 aliphatic heterocycles. The summed E-state index contributed by atoms with van der Waals surface area (Å²) in [4.78, 5) is 0.763. The predicted molar refractivity (Wildman–Crippen MR) is 76.7 cm³/mol. The highest BCUT2D eigenvalue weighted by molar-refractivity contribution is 9.10. The van der Waals surface area contributed by atoms with E-state index in [9.17, 15) is 9.65 Å². The Kier molecular flexibility index (Phi) is 4.18. The first-order valence-electron chi connectivity index (χ1n) is 4.92. The average molecular weight is 343 g/mol. The smallest absolute Gasteiger partial charge is 0.123 e. The van der Waals surface area contributed by atoms with E-state index in [0.29, 0.717) is 15.6 Å². The molecule has 0 fully saturated rings. The van der Waals surface area contributed by atoms with Gasteiger partial charge in [-0.25, -0.2) is 4.39 Å². The number of rotatable bonds is 2. The largest absolute Gasteiger partial charge is 0.207 e. The molecule has 0 spiro atoms. The molecule has 0 unspecified atom stereocenters. The predicted octanol–water partition coefficient (Wildman–Crippen LogP) is 5.28. The molecule has 1 aromatic carbocycles. The average Bonchev–Trinajstić information content (AvgIpc) is 2.87. The van der Waals surface area contributed by atoms with Crippen LogP contribution in [0.15, 0.2) is 40.2 Å². The van der Waals surface area contributed by atoms with Crippen LogP contribution in [0.4, 0.5) is 4.39 Å². The number of halogens is 3. The van der Waals surface area contributed by atoms with Crippen molar-refractivity contribution < 1.29 is 4.39 Å². The summed E-state index contributed by atoms with van der Waals surface area (Å²) in [6.45, 7) is 0. The minimum Gasteiger partial charge on any atom is -0.207 e. The van der Waals surface area contributed by atoms with E-state index in [-0.39, 0.29) is 5.03 Å². The summed E-state index contributed by atoms with van der Waals surface area (Å²) in [7, 11) is 0. The molecule has 0 N–H and O–H groups in total. The van der Waals surface area contributed by atoms with Crippen LogP contribution in [0.25, 0.3) is 10.6 Å². The van der Waals surface area contributed by atoms with Gasteiger partial charge in [0.2, 0.25) is 0 Å². The van der Waals surface area contributed by atoms with E-state index in [2.05, 4.69) is 22.0 Å².